The summed E-state index contributed by atoms with van der Waals surface area (Å²) >= 11 is 0. The van der Waals surface area contributed by atoms with E-state index in [0.29, 0.717) is 18.7 Å². The van der Waals surface area contributed by atoms with E-state index >= 15 is 0 Å². The van der Waals surface area contributed by atoms with Crippen molar-refractivity contribution in [3.63, 3.8) is 0 Å². The molecule has 1 aromatic heterocycles. The van der Waals surface area contributed by atoms with Gasteiger partial charge in [-0.2, -0.15) is 0 Å². The van der Waals surface area contributed by atoms with Gasteiger partial charge in [0.1, 0.15) is 11.9 Å². The highest BCUT2D eigenvalue weighted by atomic mass is 19.1. The van der Waals surface area contributed by atoms with Gasteiger partial charge in [0.25, 0.3) is 0 Å². The lowest BCUT2D eigenvalue weighted by Crippen LogP contribution is -2.41. The van der Waals surface area contributed by atoms with Crippen molar-refractivity contribution in [2.45, 2.75) is 38.2 Å². The van der Waals surface area contributed by atoms with Crippen LogP contribution in [0.3, 0.4) is 0 Å². The van der Waals surface area contributed by atoms with Crippen molar-refractivity contribution in [2.24, 2.45) is 0 Å². The average Bonchev–Trinajstić information content (AvgIpc) is 3.36. The summed E-state index contributed by atoms with van der Waals surface area (Å²) in [4.78, 5) is 25.8. The highest BCUT2D eigenvalue weighted by Crippen LogP contribution is 2.34. The molecular weight excluding hydrogens is 398 g/mol. The Kier molecular flexibility index (Phi) is 5.51. The molecule has 9 nitrogen and oxygen atoms in total. The maximum atomic E-state index is 14.8. The summed E-state index contributed by atoms with van der Waals surface area (Å²) in [5.74, 6) is -0.847. The molecule has 3 heterocycles. The Bertz CT molecular complexity index is 925. The van der Waals surface area contributed by atoms with Crippen LogP contribution in [0.2, 0.25) is 0 Å². The van der Waals surface area contributed by atoms with Gasteiger partial charge in [0.15, 0.2) is 6.30 Å². The highest BCUT2D eigenvalue weighted by molar-refractivity contribution is 5.90. The molecule has 1 N–H and O–H groups in total. The summed E-state index contributed by atoms with van der Waals surface area (Å²) in [6.07, 6.45) is 1.51. The second kappa shape index (κ2) is 8.25. The number of carbonyl (C=O) groups excluding carboxylic acids is 2. The molecular formula is C19H22F2N6O3. The Morgan fingerprint density at radius 3 is 2.90 bits per heavy atom. The largest absolute Gasteiger partial charge is 0.442 e. The van der Waals surface area contributed by atoms with Gasteiger partial charge < -0.3 is 15.0 Å². The van der Waals surface area contributed by atoms with Crippen LogP contribution in [0.4, 0.5) is 25.0 Å². The minimum atomic E-state index is -1.37. The molecule has 4 rings (SSSR count). The van der Waals surface area contributed by atoms with E-state index in [9.17, 15) is 18.4 Å². The molecule has 0 spiro atoms. The monoisotopic (exact) mass is 420 g/mol. The minimum absolute atomic E-state index is 0.124. The fraction of sp³-hybridized carbons (Fsp3) is 0.474. The number of benzene rings is 1. The van der Waals surface area contributed by atoms with E-state index in [-0.39, 0.29) is 37.1 Å². The van der Waals surface area contributed by atoms with Crippen LogP contribution < -0.4 is 15.1 Å². The minimum Gasteiger partial charge on any atom is -0.442 e. The summed E-state index contributed by atoms with van der Waals surface area (Å²) in [7, 11) is 0. The molecule has 30 heavy (non-hydrogen) atoms. The van der Waals surface area contributed by atoms with Gasteiger partial charge in [0, 0.05) is 26.1 Å². The molecule has 1 aromatic carbocycles. The number of hydrogen-bond donors (Lipinski definition) is 1. The molecule has 160 valence electrons. The predicted molar refractivity (Wildman–Crippen MR) is 103 cm³/mol. The van der Waals surface area contributed by atoms with Crippen LogP contribution in [0, 0.1) is 5.82 Å². The third kappa shape index (κ3) is 4.05. The second-order valence-electron chi connectivity index (χ2n) is 7.38. The second-order valence-corrected chi connectivity index (χ2v) is 7.38. The number of aromatic nitrogens is 3. The number of hydrogen-bond acceptors (Lipinski definition) is 6. The first-order valence-electron chi connectivity index (χ1n) is 9.71. The van der Waals surface area contributed by atoms with Crippen LogP contribution in [0.5, 0.6) is 0 Å². The van der Waals surface area contributed by atoms with Crippen molar-refractivity contribution in [1.82, 2.24) is 20.3 Å². The molecule has 2 aliphatic heterocycles. The molecule has 0 radical (unpaired) electrons. The maximum Gasteiger partial charge on any atom is 0.414 e. The summed E-state index contributed by atoms with van der Waals surface area (Å²) in [5.41, 5.74) is 0.463. The molecule has 3 atom stereocenters. The third-order valence-corrected chi connectivity index (χ3v) is 5.33. The van der Waals surface area contributed by atoms with E-state index < -0.39 is 24.3 Å². The van der Waals surface area contributed by atoms with Crippen LogP contribution in [0.1, 0.15) is 25.8 Å². The number of ether oxygens (including phenoxy) is 1. The number of nitrogens with zero attached hydrogens (tertiary/aromatic N) is 5. The molecule has 2 aliphatic rings. The zero-order valence-corrected chi connectivity index (χ0v) is 16.4. The van der Waals surface area contributed by atoms with Crippen molar-refractivity contribution in [2.75, 3.05) is 29.4 Å². The van der Waals surface area contributed by atoms with Gasteiger partial charge in [0.2, 0.25) is 5.91 Å². The fourth-order valence-corrected chi connectivity index (χ4v) is 3.81. The smallest absolute Gasteiger partial charge is 0.414 e. The van der Waals surface area contributed by atoms with Crippen LogP contribution in [0.25, 0.3) is 0 Å². The Hall–Kier alpha value is -3.24. The van der Waals surface area contributed by atoms with E-state index in [0.717, 1.165) is 0 Å². The van der Waals surface area contributed by atoms with Crippen LogP contribution in [-0.2, 0) is 9.53 Å². The number of piperidine rings is 1. The van der Waals surface area contributed by atoms with Gasteiger partial charge >= 0.3 is 6.09 Å². The Morgan fingerprint density at radius 2 is 2.23 bits per heavy atom. The molecule has 2 saturated heterocycles. The number of alkyl halides is 1. The van der Waals surface area contributed by atoms with Crippen molar-refractivity contribution < 1.29 is 23.1 Å². The van der Waals surface area contributed by atoms with Crippen LogP contribution in [-0.4, -0.2) is 59.0 Å². The SMILES string of the molecule is CC(=O)NC[C@H]1CN(c2ccc(N3CCC(n4ccnn4)CC3F)c(F)c2)C(=O)O1. The lowest BCUT2D eigenvalue weighted by atomic mass is 10.0. The molecule has 0 bridgehead atoms. The van der Waals surface area contributed by atoms with E-state index in [4.69, 9.17) is 4.74 Å². The fourth-order valence-electron chi connectivity index (χ4n) is 3.81. The van der Waals surface area contributed by atoms with Gasteiger partial charge in [-0.15, -0.1) is 5.10 Å². The molecule has 11 heteroatoms. The molecule has 0 saturated carbocycles. The number of cyclic esters (lactones) is 1. The quantitative estimate of drug-likeness (QED) is 0.744. The molecule has 2 amide bonds. The van der Waals surface area contributed by atoms with Crippen LogP contribution >= 0.6 is 0 Å². The van der Waals surface area contributed by atoms with Gasteiger partial charge in [-0.1, -0.05) is 5.21 Å². The number of rotatable bonds is 5. The maximum absolute atomic E-state index is 14.8. The van der Waals surface area contributed by atoms with E-state index in [2.05, 4.69) is 15.6 Å². The predicted octanol–water partition coefficient (Wildman–Crippen LogP) is 2.02. The summed E-state index contributed by atoms with van der Waals surface area (Å²) < 4.78 is 36.5. The summed E-state index contributed by atoms with van der Waals surface area (Å²) in [6.45, 7) is 2.07. The van der Waals surface area contributed by atoms with Crippen molar-refractivity contribution in [1.29, 1.82) is 0 Å². The van der Waals surface area contributed by atoms with Crippen molar-refractivity contribution in [3.8, 4) is 0 Å². The summed E-state index contributed by atoms with van der Waals surface area (Å²) in [6, 6.07) is 4.12. The van der Waals surface area contributed by atoms with Gasteiger partial charge in [-0.25, -0.2) is 18.3 Å². The Labute approximate surface area is 171 Å². The lowest BCUT2D eigenvalue weighted by Gasteiger charge is -2.36. The number of carbonyl (C=O) groups is 2. The third-order valence-electron chi connectivity index (χ3n) is 5.33. The molecule has 2 unspecified atom stereocenters. The van der Waals surface area contributed by atoms with Crippen molar-refractivity contribution >= 4 is 23.4 Å². The van der Waals surface area contributed by atoms with Gasteiger partial charge in [-0.3, -0.25) is 9.69 Å². The lowest BCUT2D eigenvalue weighted by molar-refractivity contribution is -0.119. The number of halogens is 2. The number of amides is 2. The van der Waals surface area contributed by atoms with Gasteiger partial charge in [-0.05, 0) is 24.6 Å². The standard InChI is InChI=1S/C19H22F2N6O3/c1-12(28)22-10-15-11-26(19(29)30-15)13-2-3-17(16(20)8-13)25-6-4-14(9-18(25)21)27-7-5-23-24-27/h2-3,5,7-8,14-15,18H,4,6,9-11H2,1H3,(H,22,28)/t14?,15-,18?/m0/s1. The first-order chi connectivity index (χ1) is 14.4. The molecule has 2 aromatic rings. The highest BCUT2D eigenvalue weighted by Gasteiger charge is 2.34. The number of nitrogens with one attached hydrogen (secondary N) is 1. The molecule has 0 aliphatic carbocycles. The zero-order chi connectivity index (χ0) is 21.3. The van der Waals surface area contributed by atoms with Crippen molar-refractivity contribution in [3.05, 3.63) is 36.4 Å². The number of anilines is 2. The first-order valence-corrected chi connectivity index (χ1v) is 9.71. The topological polar surface area (TPSA) is 92.6 Å². The van der Waals surface area contributed by atoms with Crippen LogP contribution in [0.15, 0.2) is 30.6 Å². The van der Waals surface area contributed by atoms with Gasteiger partial charge in [0.05, 0.1) is 36.7 Å². The zero-order valence-electron chi connectivity index (χ0n) is 16.4. The summed E-state index contributed by atoms with van der Waals surface area (Å²) in [5, 5.41) is 10.2. The van der Waals surface area contributed by atoms with E-state index in [1.807, 2.05) is 0 Å². The average molecular weight is 420 g/mol. The Morgan fingerprint density at radius 1 is 1.40 bits per heavy atom. The molecule has 2 fully saturated rings. The van der Waals surface area contributed by atoms with E-state index in [1.54, 1.807) is 23.1 Å². The van der Waals surface area contributed by atoms with E-state index in [1.165, 1.54) is 28.9 Å². The Balaban J connectivity index is 1.43. The first kappa shape index (κ1) is 20.0. The normalized spacial score (nSPS) is 24.1.